The van der Waals surface area contributed by atoms with Crippen LogP contribution in [0.25, 0.3) is 0 Å². The number of carbonyl (C=O) groups is 3. The lowest BCUT2D eigenvalue weighted by molar-refractivity contribution is -0.167. The summed E-state index contributed by atoms with van der Waals surface area (Å²) in [6.07, 6.45) is 57.2. The van der Waals surface area contributed by atoms with E-state index >= 15 is 0 Å². The van der Waals surface area contributed by atoms with E-state index in [9.17, 15) is 14.4 Å². The third-order valence-corrected chi connectivity index (χ3v) is 9.40. The van der Waals surface area contributed by atoms with Crippen molar-refractivity contribution in [3.63, 3.8) is 0 Å². The standard InChI is InChI=1S/C51H84O6/c1-4-7-10-13-16-18-20-22-24-25-27-28-30-32-35-38-41-44-50(53)56-47-48(46-55-49(52)43-40-37-34-15-12-9-6-3)57-51(54)45-42-39-36-33-31-29-26-23-21-19-17-14-11-8-5-2/h7-8,10-11,16-19,22-24,26-28,48H,4-6,9,12-15,20-21,25,29-47H2,1-3H3/b10-7-,11-8-,18-16-,19-17-,24-22-,26-23-,28-27-. The molecule has 0 aromatic carbocycles. The van der Waals surface area contributed by atoms with Crippen molar-refractivity contribution in [2.45, 2.75) is 207 Å². The maximum absolute atomic E-state index is 12.7. The first-order chi connectivity index (χ1) is 28.0. The van der Waals surface area contributed by atoms with E-state index < -0.39 is 6.10 Å². The summed E-state index contributed by atoms with van der Waals surface area (Å²) in [7, 11) is 0. The Kier molecular flexibility index (Phi) is 42.6. The van der Waals surface area contributed by atoms with Gasteiger partial charge in [0.05, 0.1) is 0 Å². The Hall–Kier alpha value is -3.41. The van der Waals surface area contributed by atoms with Gasteiger partial charge < -0.3 is 14.2 Å². The Balaban J connectivity index is 4.39. The van der Waals surface area contributed by atoms with Gasteiger partial charge in [-0.15, -0.1) is 0 Å². The number of allylic oxidation sites excluding steroid dienone is 14. The van der Waals surface area contributed by atoms with Crippen LogP contribution in [0, 0.1) is 0 Å². The van der Waals surface area contributed by atoms with E-state index in [-0.39, 0.29) is 31.1 Å². The quantitative estimate of drug-likeness (QED) is 0.0266. The van der Waals surface area contributed by atoms with Gasteiger partial charge in [0, 0.05) is 19.3 Å². The average Bonchev–Trinajstić information content (AvgIpc) is 3.21. The number of unbranched alkanes of at least 4 members (excludes halogenated alkanes) is 15. The predicted octanol–water partition coefficient (Wildman–Crippen LogP) is 14.9. The van der Waals surface area contributed by atoms with Crippen molar-refractivity contribution in [1.29, 1.82) is 0 Å². The zero-order valence-electron chi connectivity index (χ0n) is 36.8. The van der Waals surface area contributed by atoms with Crippen LogP contribution in [-0.4, -0.2) is 37.2 Å². The third-order valence-electron chi connectivity index (χ3n) is 9.40. The number of hydrogen-bond donors (Lipinski definition) is 0. The van der Waals surface area contributed by atoms with Gasteiger partial charge in [-0.05, 0) is 89.9 Å². The van der Waals surface area contributed by atoms with Gasteiger partial charge in [0.25, 0.3) is 0 Å². The maximum Gasteiger partial charge on any atom is 0.306 e. The molecule has 0 aromatic heterocycles. The molecule has 0 spiro atoms. The SMILES string of the molecule is CC/C=C\C/C=C\C/C=C\C/C=C\CCCCCCC(=O)OCC(COC(=O)CCCCCCCCC)OC(=O)CCCCCCC/C=C\C/C=C\C/C=C\CC. The van der Waals surface area contributed by atoms with Crippen LogP contribution in [-0.2, 0) is 28.6 Å². The second-order valence-electron chi connectivity index (χ2n) is 14.9. The topological polar surface area (TPSA) is 78.9 Å². The summed E-state index contributed by atoms with van der Waals surface area (Å²) in [6.45, 7) is 6.31. The minimum atomic E-state index is -0.792. The smallest absolute Gasteiger partial charge is 0.306 e. The fraction of sp³-hybridized carbons (Fsp3) is 0.667. The minimum Gasteiger partial charge on any atom is -0.462 e. The summed E-state index contributed by atoms with van der Waals surface area (Å²) < 4.78 is 16.6. The van der Waals surface area contributed by atoms with Crippen LogP contribution < -0.4 is 0 Å². The van der Waals surface area contributed by atoms with E-state index in [0.29, 0.717) is 19.3 Å². The fourth-order valence-corrected chi connectivity index (χ4v) is 5.97. The molecule has 0 aliphatic carbocycles. The van der Waals surface area contributed by atoms with Crippen LogP contribution in [0.2, 0.25) is 0 Å². The Morgan fingerprint density at radius 2 is 0.684 bits per heavy atom. The first-order valence-electron chi connectivity index (χ1n) is 23.1. The summed E-state index contributed by atoms with van der Waals surface area (Å²) in [4.78, 5) is 37.7. The Morgan fingerprint density at radius 1 is 0.368 bits per heavy atom. The van der Waals surface area contributed by atoms with Crippen LogP contribution in [0.4, 0.5) is 0 Å². The summed E-state index contributed by atoms with van der Waals surface area (Å²) >= 11 is 0. The largest absolute Gasteiger partial charge is 0.462 e. The number of hydrogen-bond acceptors (Lipinski definition) is 6. The molecule has 6 heteroatoms. The van der Waals surface area contributed by atoms with Gasteiger partial charge in [-0.1, -0.05) is 176 Å². The molecule has 1 unspecified atom stereocenters. The molecule has 0 aromatic rings. The summed E-state index contributed by atoms with van der Waals surface area (Å²) in [5.41, 5.74) is 0. The highest BCUT2D eigenvalue weighted by atomic mass is 16.6. The lowest BCUT2D eigenvalue weighted by Gasteiger charge is -2.18. The summed E-state index contributed by atoms with van der Waals surface area (Å²) in [5.74, 6) is -0.948. The van der Waals surface area contributed by atoms with Crippen molar-refractivity contribution in [3.8, 4) is 0 Å². The molecule has 324 valence electrons. The third kappa shape index (κ3) is 43.6. The monoisotopic (exact) mass is 793 g/mol. The minimum absolute atomic E-state index is 0.0924. The van der Waals surface area contributed by atoms with Crippen molar-refractivity contribution >= 4 is 17.9 Å². The highest BCUT2D eigenvalue weighted by Gasteiger charge is 2.19. The van der Waals surface area contributed by atoms with Crippen molar-refractivity contribution < 1.29 is 28.6 Å². The van der Waals surface area contributed by atoms with Gasteiger partial charge in [0.1, 0.15) is 13.2 Å². The van der Waals surface area contributed by atoms with Gasteiger partial charge in [-0.2, -0.15) is 0 Å². The maximum atomic E-state index is 12.7. The fourth-order valence-electron chi connectivity index (χ4n) is 5.97. The molecule has 0 saturated heterocycles. The van der Waals surface area contributed by atoms with Crippen LogP contribution in [0.5, 0.6) is 0 Å². The van der Waals surface area contributed by atoms with Crippen LogP contribution in [0.1, 0.15) is 201 Å². The molecule has 0 fully saturated rings. The summed E-state index contributed by atoms with van der Waals surface area (Å²) in [5, 5.41) is 0. The van der Waals surface area contributed by atoms with Gasteiger partial charge in [-0.25, -0.2) is 0 Å². The van der Waals surface area contributed by atoms with Crippen LogP contribution in [0.3, 0.4) is 0 Å². The van der Waals surface area contributed by atoms with Gasteiger partial charge in [0.2, 0.25) is 0 Å². The molecule has 0 aliphatic heterocycles. The average molecular weight is 793 g/mol. The lowest BCUT2D eigenvalue weighted by atomic mass is 10.1. The van der Waals surface area contributed by atoms with Crippen molar-refractivity contribution in [2.24, 2.45) is 0 Å². The first-order valence-corrected chi connectivity index (χ1v) is 23.1. The molecular weight excluding hydrogens is 709 g/mol. The molecule has 57 heavy (non-hydrogen) atoms. The normalized spacial score (nSPS) is 12.8. The highest BCUT2D eigenvalue weighted by molar-refractivity contribution is 5.71. The molecule has 1 atom stereocenters. The number of rotatable bonds is 40. The highest BCUT2D eigenvalue weighted by Crippen LogP contribution is 2.12. The van der Waals surface area contributed by atoms with E-state index in [1.165, 1.54) is 25.7 Å². The van der Waals surface area contributed by atoms with E-state index in [2.05, 4.69) is 106 Å². The molecule has 0 heterocycles. The molecule has 0 aliphatic rings. The second-order valence-corrected chi connectivity index (χ2v) is 14.9. The number of esters is 3. The molecule has 0 bridgehead atoms. The van der Waals surface area contributed by atoms with Crippen molar-refractivity contribution in [1.82, 2.24) is 0 Å². The Morgan fingerprint density at radius 3 is 1.07 bits per heavy atom. The van der Waals surface area contributed by atoms with Crippen LogP contribution >= 0.6 is 0 Å². The van der Waals surface area contributed by atoms with Gasteiger partial charge in [0.15, 0.2) is 6.10 Å². The molecule has 0 saturated carbocycles. The first kappa shape index (κ1) is 53.6. The van der Waals surface area contributed by atoms with Crippen molar-refractivity contribution in [2.75, 3.05) is 13.2 Å². The van der Waals surface area contributed by atoms with E-state index in [4.69, 9.17) is 14.2 Å². The second kappa shape index (κ2) is 45.3. The molecule has 0 radical (unpaired) electrons. The number of ether oxygens (including phenoxy) is 3. The summed E-state index contributed by atoms with van der Waals surface area (Å²) in [6, 6.07) is 0. The van der Waals surface area contributed by atoms with E-state index in [0.717, 1.165) is 135 Å². The predicted molar refractivity (Wildman–Crippen MR) is 242 cm³/mol. The van der Waals surface area contributed by atoms with E-state index in [1.54, 1.807) is 0 Å². The zero-order valence-corrected chi connectivity index (χ0v) is 36.8. The Bertz CT molecular complexity index is 1140. The molecule has 0 rings (SSSR count). The van der Waals surface area contributed by atoms with Crippen LogP contribution in [0.15, 0.2) is 85.1 Å². The van der Waals surface area contributed by atoms with Gasteiger partial charge in [-0.3, -0.25) is 14.4 Å². The van der Waals surface area contributed by atoms with E-state index in [1.807, 2.05) is 0 Å². The number of carbonyl (C=O) groups excluding carboxylic acids is 3. The van der Waals surface area contributed by atoms with Crippen molar-refractivity contribution in [3.05, 3.63) is 85.1 Å². The van der Waals surface area contributed by atoms with Gasteiger partial charge >= 0.3 is 17.9 Å². The molecular formula is C51H84O6. The zero-order chi connectivity index (χ0) is 41.5. The Labute approximate surface area is 350 Å². The lowest BCUT2D eigenvalue weighted by Crippen LogP contribution is -2.30. The molecule has 0 amide bonds. The molecule has 0 N–H and O–H groups in total. The molecule has 6 nitrogen and oxygen atoms in total.